The summed E-state index contributed by atoms with van der Waals surface area (Å²) < 4.78 is 4.67. The van der Waals surface area contributed by atoms with Crippen molar-refractivity contribution in [3.8, 4) is 0 Å². The maximum absolute atomic E-state index is 12.2. The molecule has 0 aliphatic carbocycles. The van der Waals surface area contributed by atoms with E-state index in [1.165, 1.54) is 7.11 Å². The fourth-order valence-electron chi connectivity index (χ4n) is 1.77. The number of amides is 1. The van der Waals surface area contributed by atoms with E-state index < -0.39 is 5.97 Å². The second-order valence-electron chi connectivity index (χ2n) is 4.08. The van der Waals surface area contributed by atoms with E-state index in [4.69, 9.17) is 5.73 Å². The third-order valence-electron chi connectivity index (χ3n) is 2.79. The Labute approximate surface area is 116 Å². The molecule has 0 unspecified atom stereocenters. The minimum atomic E-state index is -0.512. The van der Waals surface area contributed by atoms with Crippen LogP contribution in [0.2, 0.25) is 0 Å². The summed E-state index contributed by atoms with van der Waals surface area (Å²) >= 11 is 0. The molecule has 0 aromatic heterocycles. The topological polar surface area (TPSA) is 81.4 Å². The third-order valence-corrected chi connectivity index (χ3v) is 2.79. The van der Waals surface area contributed by atoms with Gasteiger partial charge >= 0.3 is 5.97 Å². The van der Waals surface area contributed by atoms with Crippen LogP contribution in [0.15, 0.2) is 48.5 Å². The molecule has 5 nitrogen and oxygen atoms in total. The molecule has 5 heteroatoms. The molecule has 0 atom stereocenters. The van der Waals surface area contributed by atoms with Crippen LogP contribution in [0.3, 0.4) is 0 Å². The quantitative estimate of drug-likeness (QED) is 0.662. The number of anilines is 2. The smallest absolute Gasteiger partial charge is 0.339 e. The Morgan fingerprint density at radius 2 is 1.60 bits per heavy atom. The van der Waals surface area contributed by atoms with Crippen LogP contribution in [0, 0.1) is 0 Å². The summed E-state index contributed by atoms with van der Waals surface area (Å²) in [5.41, 5.74) is 7.15. The standard InChI is InChI=1S/C15H14N2O3/c1-20-15(19)11-7-3-5-9-13(11)17-14(18)10-6-2-4-8-12(10)16/h2-9H,16H2,1H3,(H,17,18). The molecule has 0 fully saturated rings. The second kappa shape index (κ2) is 5.88. The van der Waals surface area contributed by atoms with Gasteiger partial charge in [-0.1, -0.05) is 24.3 Å². The number of para-hydroxylation sites is 2. The first-order valence-electron chi connectivity index (χ1n) is 5.96. The minimum absolute atomic E-state index is 0.290. The Hall–Kier alpha value is -2.82. The van der Waals surface area contributed by atoms with Crippen molar-refractivity contribution in [2.45, 2.75) is 0 Å². The minimum Gasteiger partial charge on any atom is -0.465 e. The lowest BCUT2D eigenvalue weighted by Gasteiger charge is -2.10. The molecule has 2 aromatic carbocycles. The molecular weight excluding hydrogens is 256 g/mol. The average molecular weight is 270 g/mol. The number of hydrogen-bond donors (Lipinski definition) is 2. The summed E-state index contributed by atoms with van der Waals surface area (Å²) in [5, 5.41) is 2.66. The Morgan fingerprint density at radius 1 is 1.00 bits per heavy atom. The lowest BCUT2D eigenvalue weighted by Crippen LogP contribution is -2.16. The SMILES string of the molecule is COC(=O)c1ccccc1NC(=O)c1ccccc1N. The fourth-order valence-corrected chi connectivity index (χ4v) is 1.77. The Balaban J connectivity index is 2.29. The van der Waals surface area contributed by atoms with Gasteiger partial charge in [-0.3, -0.25) is 4.79 Å². The maximum atomic E-state index is 12.2. The van der Waals surface area contributed by atoms with Gasteiger partial charge in [0.2, 0.25) is 0 Å². The molecule has 0 saturated heterocycles. The molecule has 2 rings (SSSR count). The number of nitrogen functional groups attached to an aromatic ring is 1. The van der Waals surface area contributed by atoms with E-state index in [0.717, 1.165) is 0 Å². The van der Waals surface area contributed by atoms with Gasteiger partial charge in [0.15, 0.2) is 0 Å². The zero-order chi connectivity index (χ0) is 14.5. The van der Waals surface area contributed by atoms with Crippen molar-refractivity contribution in [1.82, 2.24) is 0 Å². The molecule has 0 spiro atoms. The van der Waals surface area contributed by atoms with Gasteiger partial charge in [0.25, 0.3) is 5.91 Å². The first-order valence-corrected chi connectivity index (χ1v) is 5.96. The van der Waals surface area contributed by atoms with Gasteiger partial charge in [-0.2, -0.15) is 0 Å². The number of carbonyl (C=O) groups excluding carboxylic acids is 2. The number of rotatable bonds is 3. The Bertz CT molecular complexity index is 653. The molecule has 0 aliphatic rings. The van der Waals surface area contributed by atoms with E-state index in [9.17, 15) is 9.59 Å². The molecule has 3 N–H and O–H groups in total. The average Bonchev–Trinajstić information content (AvgIpc) is 2.47. The van der Waals surface area contributed by atoms with E-state index >= 15 is 0 Å². The number of esters is 1. The van der Waals surface area contributed by atoms with Crippen molar-refractivity contribution in [2.75, 3.05) is 18.2 Å². The lowest BCUT2D eigenvalue weighted by molar-refractivity contribution is 0.0602. The van der Waals surface area contributed by atoms with Gasteiger partial charge in [0.1, 0.15) is 0 Å². The van der Waals surface area contributed by atoms with Crippen LogP contribution in [0.1, 0.15) is 20.7 Å². The predicted octanol–water partition coefficient (Wildman–Crippen LogP) is 2.31. The van der Waals surface area contributed by atoms with E-state index in [-0.39, 0.29) is 11.5 Å². The van der Waals surface area contributed by atoms with Gasteiger partial charge < -0.3 is 15.8 Å². The number of benzene rings is 2. The summed E-state index contributed by atoms with van der Waals surface area (Å²) in [6.45, 7) is 0. The highest BCUT2D eigenvalue weighted by Gasteiger charge is 2.15. The lowest BCUT2D eigenvalue weighted by atomic mass is 10.1. The molecule has 0 radical (unpaired) electrons. The summed E-state index contributed by atoms with van der Waals surface area (Å²) in [6, 6.07) is 13.3. The van der Waals surface area contributed by atoms with Crippen LogP contribution in [0.4, 0.5) is 11.4 Å². The normalized spacial score (nSPS) is 9.85. The van der Waals surface area contributed by atoms with Crippen molar-refractivity contribution < 1.29 is 14.3 Å². The van der Waals surface area contributed by atoms with Gasteiger partial charge in [-0.15, -0.1) is 0 Å². The highest BCUT2D eigenvalue weighted by Crippen LogP contribution is 2.18. The summed E-state index contributed by atoms with van der Waals surface area (Å²) in [4.78, 5) is 23.8. The number of hydrogen-bond acceptors (Lipinski definition) is 4. The second-order valence-corrected chi connectivity index (χ2v) is 4.08. The number of methoxy groups -OCH3 is 1. The Kier molecular flexibility index (Phi) is 4.00. The van der Waals surface area contributed by atoms with Crippen LogP contribution in [0.25, 0.3) is 0 Å². The first kappa shape index (κ1) is 13.6. The van der Waals surface area contributed by atoms with E-state index in [0.29, 0.717) is 16.9 Å². The molecule has 20 heavy (non-hydrogen) atoms. The van der Waals surface area contributed by atoms with E-state index in [2.05, 4.69) is 10.1 Å². The van der Waals surface area contributed by atoms with Gasteiger partial charge in [0, 0.05) is 5.69 Å². The van der Waals surface area contributed by atoms with E-state index in [1.54, 1.807) is 48.5 Å². The first-order chi connectivity index (χ1) is 9.63. The maximum Gasteiger partial charge on any atom is 0.339 e. The molecular formula is C15H14N2O3. The zero-order valence-electron chi connectivity index (χ0n) is 10.9. The van der Waals surface area contributed by atoms with Crippen molar-refractivity contribution in [1.29, 1.82) is 0 Å². The molecule has 1 amide bonds. The highest BCUT2D eigenvalue weighted by atomic mass is 16.5. The molecule has 0 saturated carbocycles. The summed E-state index contributed by atoms with van der Waals surface area (Å²) in [5.74, 6) is -0.888. The van der Waals surface area contributed by atoms with Gasteiger partial charge in [-0.05, 0) is 24.3 Å². The molecule has 2 aromatic rings. The largest absolute Gasteiger partial charge is 0.465 e. The zero-order valence-corrected chi connectivity index (χ0v) is 10.9. The summed E-state index contributed by atoms with van der Waals surface area (Å²) in [6.07, 6.45) is 0. The van der Waals surface area contributed by atoms with Crippen molar-refractivity contribution in [2.24, 2.45) is 0 Å². The van der Waals surface area contributed by atoms with Crippen LogP contribution < -0.4 is 11.1 Å². The molecule has 0 bridgehead atoms. The highest BCUT2D eigenvalue weighted by molar-refractivity contribution is 6.10. The van der Waals surface area contributed by atoms with Crippen molar-refractivity contribution in [3.63, 3.8) is 0 Å². The number of nitrogens with one attached hydrogen (secondary N) is 1. The van der Waals surface area contributed by atoms with Crippen molar-refractivity contribution >= 4 is 23.3 Å². The van der Waals surface area contributed by atoms with Crippen LogP contribution in [-0.4, -0.2) is 19.0 Å². The Morgan fingerprint density at radius 3 is 2.25 bits per heavy atom. The van der Waals surface area contributed by atoms with Crippen molar-refractivity contribution in [3.05, 3.63) is 59.7 Å². The molecule has 102 valence electrons. The number of ether oxygens (including phenoxy) is 1. The van der Waals surface area contributed by atoms with Crippen LogP contribution in [-0.2, 0) is 4.74 Å². The number of carbonyl (C=O) groups is 2. The molecule has 0 heterocycles. The number of nitrogens with two attached hydrogens (primary N) is 1. The van der Waals surface area contributed by atoms with Crippen LogP contribution in [0.5, 0.6) is 0 Å². The monoisotopic (exact) mass is 270 g/mol. The fraction of sp³-hybridized carbons (Fsp3) is 0.0667. The van der Waals surface area contributed by atoms with E-state index in [1.807, 2.05) is 0 Å². The predicted molar refractivity (Wildman–Crippen MR) is 76.6 cm³/mol. The van der Waals surface area contributed by atoms with Gasteiger partial charge in [-0.25, -0.2) is 4.79 Å². The third kappa shape index (κ3) is 2.77. The molecule has 0 aliphatic heterocycles. The van der Waals surface area contributed by atoms with Crippen LogP contribution >= 0.6 is 0 Å². The summed E-state index contributed by atoms with van der Waals surface area (Å²) in [7, 11) is 1.29. The van der Waals surface area contributed by atoms with Gasteiger partial charge in [0.05, 0.1) is 23.9 Å².